The Morgan fingerprint density at radius 3 is 2.71 bits per heavy atom. The molecule has 1 aliphatic heterocycles. The van der Waals surface area contributed by atoms with Crippen LogP contribution in [-0.2, 0) is 0 Å². The number of para-hydroxylation sites is 2. The number of aromatic nitrogens is 2. The molecule has 4 aromatic rings. The highest BCUT2D eigenvalue weighted by molar-refractivity contribution is 6.30. The van der Waals surface area contributed by atoms with Crippen LogP contribution in [0.1, 0.15) is 22.8 Å². The van der Waals surface area contributed by atoms with E-state index in [2.05, 4.69) is 15.6 Å². The number of rotatable bonds is 6. The SMILES string of the molecule is CCOc1ccccc1C1=c2cc(Cl)ccc2=c2nc(Nc3ccccc3C(=O)O)ncc2=CN1. The van der Waals surface area contributed by atoms with Crippen molar-refractivity contribution in [2.75, 3.05) is 11.9 Å². The maximum atomic E-state index is 11.6. The molecule has 0 atom stereocenters. The Morgan fingerprint density at radius 2 is 1.89 bits per heavy atom. The van der Waals surface area contributed by atoms with Gasteiger partial charge in [0, 0.05) is 38.6 Å². The molecule has 35 heavy (non-hydrogen) atoms. The second kappa shape index (κ2) is 9.48. The van der Waals surface area contributed by atoms with Crippen LogP contribution in [0.2, 0.25) is 5.02 Å². The highest BCUT2D eigenvalue weighted by Gasteiger charge is 2.14. The molecule has 1 aliphatic rings. The Balaban J connectivity index is 1.77. The maximum Gasteiger partial charge on any atom is 0.337 e. The Bertz CT molecular complexity index is 1670. The van der Waals surface area contributed by atoms with Crippen molar-refractivity contribution >= 4 is 41.1 Å². The second-order valence-corrected chi connectivity index (χ2v) is 8.19. The van der Waals surface area contributed by atoms with Crippen molar-refractivity contribution in [3.8, 4) is 5.75 Å². The summed E-state index contributed by atoms with van der Waals surface area (Å²) in [6.07, 6.45) is 3.53. The summed E-state index contributed by atoms with van der Waals surface area (Å²) < 4.78 is 5.88. The summed E-state index contributed by atoms with van der Waals surface area (Å²) in [5.41, 5.74) is 2.26. The number of carboxylic acid groups (broad SMARTS) is 1. The summed E-state index contributed by atoms with van der Waals surface area (Å²) in [5, 5.41) is 19.7. The Morgan fingerprint density at radius 1 is 1.09 bits per heavy atom. The lowest BCUT2D eigenvalue weighted by molar-refractivity contribution is 0.0698. The number of fused-ring (bicyclic) bond motifs is 2. The molecule has 8 heteroatoms. The van der Waals surface area contributed by atoms with Crippen LogP contribution in [0.5, 0.6) is 5.75 Å². The monoisotopic (exact) mass is 484 g/mol. The first-order valence-electron chi connectivity index (χ1n) is 11.0. The van der Waals surface area contributed by atoms with Gasteiger partial charge in [0.1, 0.15) is 5.75 Å². The highest BCUT2D eigenvalue weighted by Crippen LogP contribution is 2.24. The number of aromatic carboxylic acids is 1. The van der Waals surface area contributed by atoms with Crippen molar-refractivity contribution in [1.29, 1.82) is 0 Å². The molecule has 3 N–H and O–H groups in total. The van der Waals surface area contributed by atoms with Crippen LogP contribution in [-0.4, -0.2) is 27.7 Å². The lowest BCUT2D eigenvalue weighted by Gasteiger charge is -2.13. The van der Waals surface area contributed by atoms with Crippen LogP contribution in [0.15, 0.2) is 72.9 Å². The van der Waals surface area contributed by atoms with E-state index in [1.807, 2.05) is 55.6 Å². The molecule has 2 heterocycles. The van der Waals surface area contributed by atoms with Crippen molar-refractivity contribution in [2.45, 2.75) is 6.92 Å². The highest BCUT2D eigenvalue weighted by atomic mass is 35.5. The van der Waals surface area contributed by atoms with E-state index in [0.717, 1.165) is 32.7 Å². The third kappa shape index (κ3) is 4.41. The number of hydrogen-bond donors (Lipinski definition) is 3. The molecule has 0 saturated heterocycles. The van der Waals surface area contributed by atoms with Crippen LogP contribution in [0.4, 0.5) is 11.6 Å². The first-order valence-corrected chi connectivity index (χ1v) is 11.4. The quantitative estimate of drug-likeness (QED) is 0.383. The standard InChI is InChI=1S/C27H21ClN4O3/c1-2-35-23-10-6-4-8-20(23)25-21-13-17(28)11-12-18(21)24-16(14-29-25)15-30-27(32-24)31-22-9-5-3-7-19(22)26(33)34/h3-15,29H,2H2,1H3,(H,31,32)(H,33,34). The summed E-state index contributed by atoms with van der Waals surface area (Å²) in [6, 6.07) is 20.1. The van der Waals surface area contributed by atoms with Crippen molar-refractivity contribution in [1.82, 2.24) is 15.3 Å². The zero-order chi connectivity index (χ0) is 24.4. The normalized spacial score (nSPS) is 11.9. The van der Waals surface area contributed by atoms with E-state index in [9.17, 15) is 9.90 Å². The van der Waals surface area contributed by atoms with E-state index < -0.39 is 5.97 Å². The van der Waals surface area contributed by atoms with Gasteiger partial charge in [0.05, 0.1) is 28.9 Å². The molecule has 0 saturated carbocycles. The van der Waals surface area contributed by atoms with Gasteiger partial charge >= 0.3 is 5.97 Å². The van der Waals surface area contributed by atoms with E-state index in [0.29, 0.717) is 22.7 Å². The molecule has 0 fully saturated rings. The molecule has 3 aromatic carbocycles. The fourth-order valence-electron chi connectivity index (χ4n) is 4.01. The van der Waals surface area contributed by atoms with E-state index in [1.54, 1.807) is 24.4 Å². The van der Waals surface area contributed by atoms with Gasteiger partial charge in [-0.25, -0.2) is 14.8 Å². The Kier molecular flexibility index (Phi) is 6.08. The number of nitrogens with zero attached hydrogens (tertiary/aromatic N) is 2. The van der Waals surface area contributed by atoms with Crippen molar-refractivity contribution in [3.63, 3.8) is 0 Å². The fourth-order valence-corrected chi connectivity index (χ4v) is 4.18. The van der Waals surface area contributed by atoms with Crippen molar-refractivity contribution < 1.29 is 14.6 Å². The molecule has 174 valence electrons. The number of nitrogens with one attached hydrogen (secondary N) is 2. The minimum Gasteiger partial charge on any atom is -0.493 e. The van der Waals surface area contributed by atoms with Crippen LogP contribution in [0, 0.1) is 10.6 Å². The minimum absolute atomic E-state index is 0.134. The second-order valence-electron chi connectivity index (χ2n) is 7.76. The first-order chi connectivity index (χ1) is 17.0. The molecular formula is C27H21ClN4O3. The molecule has 0 radical (unpaired) electrons. The summed E-state index contributed by atoms with van der Waals surface area (Å²) in [7, 11) is 0. The average molecular weight is 485 g/mol. The molecule has 0 unspecified atom stereocenters. The van der Waals surface area contributed by atoms with Gasteiger partial charge in [-0.15, -0.1) is 0 Å². The number of benzene rings is 3. The first kappa shape index (κ1) is 22.4. The molecule has 0 spiro atoms. The van der Waals surface area contributed by atoms with Crippen LogP contribution >= 0.6 is 11.6 Å². The van der Waals surface area contributed by atoms with Gasteiger partial charge in [0.15, 0.2) is 0 Å². The Hall–Kier alpha value is -4.36. The molecule has 5 rings (SSSR count). The van der Waals surface area contributed by atoms with E-state index in [-0.39, 0.29) is 11.5 Å². The number of anilines is 2. The average Bonchev–Trinajstić information content (AvgIpc) is 3.01. The number of carbonyl (C=O) groups is 1. The molecule has 0 bridgehead atoms. The third-order valence-electron chi connectivity index (χ3n) is 5.56. The van der Waals surface area contributed by atoms with Crippen LogP contribution in [0.3, 0.4) is 0 Å². The third-order valence-corrected chi connectivity index (χ3v) is 5.79. The smallest absolute Gasteiger partial charge is 0.337 e. The van der Waals surface area contributed by atoms with Gasteiger partial charge in [-0.3, -0.25) is 0 Å². The van der Waals surface area contributed by atoms with E-state index in [1.165, 1.54) is 6.07 Å². The molecule has 7 nitrogen and oxygen atoms in total. The predicted molar refractivity (Wildman–Crippen MR) is 135 cm³/mol. The van der Waals surface area contributed by atoms with E-state index in [4.69, 9.17) is 21.3 Å². The summed E-state index contributed by atoms with van der Waals surface area (Å²) >= 11 is 6.41. The number of hydrogen-bond acceptors (Lipinski definition) is 6. The van der Waals surface area contributed by atoms with Gasteiger partial charge in [-0.05, 0) is 43.3 Å². The van der Waals surface area contributed by atoms with Crippen LogP contribution in [0.25, 0.3) is 11.9 Å². The lowest BCUT2D eigenvalue weighted by Crippen LogP contribution is -2.18. The minimum atomic E-state index is -1.03. The molecule has 0 amide bonds. The van der Waals surface area contributed by atoms with Crippen molar-refractivity contribution in [2.24, 2.45) is 0 Å². The number of ether oxygens (including phenoxy) is 1. The fraction of sp³-hybridized carbons (Fsp3) is 0.0741. The van der Waals surface area contributed by atoms with E-state index >= 15 is 0 Å². The summed E-state index contributed by atoms with van der Waals surface area (Å²) in [6.45, 7) is 2.48. The lowest BCUT2D eigenvalue weighted by atomic mass is 10.1. The zero-order valence-corrected chi connectivity index (χ0v) is 19.5. The molecular weight excluding hydrogens is 464 g/mol. The maximum absolute atomic E-state index is 11.6. The predicted octanol–water partition coefficient (Wildman–Crippen LogP) is 3.76. The summed E-state index contributed by atoms with van der Waals surface area (Å²) in [5.74, 6) is -0.000924. The topological polar surface area (TPSA) is 96.4 Å². The Labute approximate surface area is 205 Å². The van der Waals surface area contributed by atoms with Gasteiger partial charge < -0.3 is 20.5 Å². The largest absolute Gasteiger partial charge is 0.493 e. The van der Waals surface area contributed by atoms with Crippen molar-refractivity contribution in [3.05, 3.63) is 110 Å². The summed E-state index contributed by atoms with van der Waals surface area (Å²) in [4.78, 5) is 20.8. The van der Waals surface area contributed by atoms with Gasteiger partial charge in [0.2, 0.25) is 5.95 Å². The van der Waals surface area contributed by atoms with Gasteiger partial charge in [-0.1, -0.05) is 41.9 Å². The molecule has 0 aliphatic carbocycles. The van der Waals surface area contributed by atoms with Gasteiger partial charge in [0.25, 0.3) is 0 Å². The molecule has 1 aromatic heterocycles. The van der Waals surface area contributed by atoms with Crippen LogP contribution < -0.4 is 25.8 Å². The number of halogens is 1. The van der Waals surface area contributed by atoms with Gasteiger partial charge in [-0.2, -0.15) is 0 Å². The number of carboxylic acids is 1. The zero-order valence-electron chi connectivity index (χ0n) is 18.7.